The van der Waals surface area contributed by atoms with E-state index in [0.717, 1.165) is 5.56 Å². The fourth-order valence-corrected chi connectivity index (χ4v) is 2.15. The van der Waals surface area contributed by atoms with Gasteiger partial charge in [-0.05, 0) is 35.9 Å². The molecule has 0 bridgehead atoms. The second-order valence-electron chi connectivity index (χ2n) is 4.33. The molecule has 0 spiro atoms. The van der Waals surface area contributed by atoms with Gasteiger partial charge in [-0.15, -0.1) is 0 Å². The average molecular weight is 326 g/mol. The van der Waals surface area contributed by atoms with Crippen LogP contribution in [0.1, 0.15) is 15.9 Å². The molecule has 0 unspecified atom stereocenters. The van der Waals surface area contributed by atoms with Crippen LogP contribution in [0.3, 0.4) is 0 Å². The Morgan fingerprint density at radius 3 is 2.62 bits per heavy atom. The summed E-state index contributed by atoms with van der Waals surface area (Å²) in [6.07, 6.45) is 0. The Bertz CT molecular complexity index is 674. The highest BCUT2D eigenvalue weighted by molar-refractivity contribution is 6.33. The van der Waals surface area contributed by atoms with Gasteiger partial charge >= 0.3 is 5.97 Å². The van der Waals surface area contributed by atoms with Crippen molar-refractivity contribution in [2.24, 2.45) is 0 Å². The van der Waals surface area contributed by atoms with Gasteiger partial charge in [0.1, 0.15) is 5.75 Å². The fourth-order valence-electron chi connectivity index (χ4n) is 1.76. The molecule has 2 N–H and O–H groups in total. The third kappa shape index (κ3) is 3.80. The van der Waals surface area contributed by atoms with Gasteiger partial charge in [0, 0.05) is 6.54 Å². The van der Waals surface area contributed by atoms with E-state index in [2.05, 4.69) is 10.1 Å². The number of hydrogen-bond donors (Lipinski definition) is 2. The van der Waals surface area contributed by atoms with Gasteiger partial charge in [-0.1, -0.05) is 29.3 Å². The lowest BCUT2D eigenvalue weighted by Gasteiger charge is -2.10. The van der Waals surface area contributed by atoms with Crippen LogP contribution in [0.2, 0.25) is 10.0 Å². The van der Waals surface area contributed by atoms with Gasteiger partial charge in [0.15, 0.2) is 0 Å². The van der Waals surface area contributed by atoms with Gasteiger partial charge in [-0.25, -0.2) is 4.79 Å². The van der Waals surface area contributed by atoms with Crippen molar-refractivity contribution < 1.29 is 14.6 Å². The molecule has 0 aliphatic rings. The molecule has 0 saturated carbocycles. The first-order chi connectivity index (χ1) is 10.0. The second-order valence-corrected chi connectivity index (χ2v) is 5.14. The molecule has 21 heavy (non-hydrogen) atoms. The molecule has 2 aromatic carbocycles. The minimum absolute atomic E-state index is 0.0335. The van der Waals surface area contributed by atoms with E-state index in [-0.39, 0.29) is 10.8 Å². The van der Waals surface area contributed by atoms with Crippen molar-refractivity contribution >= 4 is 34.9 Å². The van der Waals surface area contributed by atoms with Crippen molar-refractivity contribution in [3.8, 4) is 5.75 Å². The molecule has 0 atom stereocenters. The monoisotopic (exact) mass is 325 g/mol. The van der Waals surface area contributed by atoms with Gasteiger partial charge in [-0.2, -0.15) is 0 Å². The van der Waals surface area contributed by atoms with Crippen molar-refractivity contribution in [2.45, 2.75) is 6.54 Å². The molecule has 0 heterocycles. The summed E-state index contributed by atoms with van der Waals surface area (Å²) in [4.78, 5) is 11.5. The van der Waals surface area contributed by atoms with Crippen LogP contribution in [-0.2, 0) is 11.3 Å². The number of benzene rings is 2. The summed E-state index contributed by atoms with van der Waals surface area (Å²) in [6, 6.07) is 9.76. The zero-order valence-corrected chi connectivity index (χ0v) is 12.7. The Morgan fingerprint density at radius 2 is 1.95 bits per heavy atom. The maximum absolute atomic E-state index is 11.5. The highest BCUT2D eigenvalue weighted by Crippen LogP contribution is 2.26. The summed E-state index contributed by atoms with van der Waals surface area (Å²) in [7, 11) is 1.32. The number of carbonyl (C=O) groups is 1. The van der Waals surface area contributed by atoms with Crippen LogP contribution in [0, 0.1) is 0 Å². The molecule has 0 aromatic heterocycles. The zero-order valence-electron chi connectivity index (χ0n) is 11.2. The Labute approximate surface area is 132 Å². The van der Waals surface area contributed by atoms with E-state index in [1.807, 2.05) is 0 Å². The number of carbonyl (C=O) groups excluding carboxylic acids is 1. The molecule has 0 radical (unpaired) electrons. The predicted octanol–water partition coefficient (Wildman–Crippen LogP) is 4.10. The highest BCUT2D eigenvalue weighted by atomic mass is 35.5. The van der Waals surface area contributed by atoms with Crippen molar-refractivity contribution in [2.75, 3.05) is 12.4 Å². The second kappa shape index (κ2) is 6.70. The molecular formula is C15H13Cl2NO3. The average Bonchev–Trinajstić information content (AvgIpc) is 2.49. The SMILES string of the molecule is COC(=O)c1ccc(Cl)c(NCc2ccc(O)c(Cl)c2)c1. The maximum atomic E-state index is 11.5. The number of phenols is 1. The van der Waals surface area contributed by atoms with E-state index in [0.29, 0.717) is 22.8 Å². The van der Waals surface area contributed by atoms with Crippen LogP contribution < -0.4 is 5.32 Å². The van der Waals surface area contributed by atoms with Crippen molar-refractivity contribution in [3.05, 3.63) is 57.6 Å². The van der Waals surface area contributed by atoms with E-state index >= 15 is 0 Å². The van der Waals surface area contributed by atoms with E-state index in [1.54, 1.807) is 30.3 Å². The minimum Gasteiger partial charge on any atom is -0.506 e. The van der Waals surface area contributed by atoms with E-state index in [1.165, 1.54) is 13.2 Å². The number of nitrogens with one attached hydrogen (secondary N) is 1. The number of ether oxygens (including phenoxy) is 1. The number of rotatable bonds is 4. The van der Waals surface area contributed by atoms with Gasteiger partial charge in [0.05, 0.1) is 28.4 Å². The number of aromatic hydroxyl groups is 1. The number of methoxy groups -OCH3 is 1. The molecule has 6 heteroatoms. The Hall–Kier alpha value is -1.91. The lowest BCUT2D eigenvalue weighted by atomic mass is 10.1. The Morgan fingerprint density at radius 1 is 1.19 bits per heavy atom. The van der Waals surface area contributed by atoms with Crippen LogP contribution in [0.5, 0.6) is 5.75 Å². The topological polar surface area (TPSA) is 58.6 Å². The van der Waals surface area contributed by atoms with Crippen LogP contribution in [0.4, 0.5) is 5.69 Å². The van der Waals surface area contributed by atoms with Gasteiger partial charge < -0.3 is 15.2 Å². The zero-order chi connectivity index (χ0) is 15.4. The van der Waals surface area contributed by atoms with Crippen LogP contribution in [0.25, 0.3) is 0 Å². The Kier molecular flexibility index (Phi) is 4.94. The van der Waals surface area contributed by atoms with Crippen molar-refractivity contribution in [1.29, 1.82) is 0 Å². The fraction of sp³-hybridized carbons (Fsp3) is 0.133. The molecule has 0 aliphatic carbocycles. The molecule has 0 amide bonds. The normalized spacial score (nSPS) is 10.2. The molecule has 2 aromatic rings. The summed E-state index contributed by atoms with van der Waals surface area (Å²) in [5.41, 5.74) is 1.90. The predicted molar refractivity (Wildman–Crippen MR) is 83.2 cm³/mol. The summed E-state index contributed by atoms with van der Waals surface area (Å²) < 4.78 is 4.67. The first-order valence-corrected chi connectivity index (χ1v) is 6.86. The quantitative estimate of drug-likeness (QED) is 0.831. The van der Waals surface area contributed by atoms with Crippen LogP contribution in [0.15, 0.2) is 36.4 Å². The Balaban J connectivity index is 2.15. The minimum atomic E-state index is -0.428. The first kappa shape index (κ1) is 15.5. The van der Waals surface area contributed by atoms with Crippen molar-refractivity contribution in [1.82, 2.24) is 0 Å². The number of anilines is 1. The molecule has 4 nitrogen and oxygen atoms in total. The molecule has 2 rings (SSSR count). The summed E-state index contributed by atoms with van der Waals surface area (Å²) in [5, 5.41) is 13.3. The molecule has 0 aliphatic heterocycles. The van der Waals surface area contributed by atoms with E-state index in [4.69, 9.17) is 23.2 Å². The number of halogens is 2. The van der Waals surface area contributed by atoms with Crippen molar-refractivity contribution in [3.63, 3.8) is 0 Å². The number of hydrogen-bond acceptors (Lipinski definition) is 4. The lowest BCUT2D eigenvalue weighted by molar-refractivity contribution is 0.0601. The maximum Gasteiger partial charge on any atom is 0.337 e. The standard InChI is InChI=1S/C15H13Cl2NO3/c1-21-15(20)10-3-4-11(16)13(7-10)18-8-9-2-5-14(19)12(17)6-9/h2-7,18-19H,8H2,1H3. The highest BCUT2D eigenvalue weighted by Gasteiger charge is 2.09. The van der Waals surface area contributed by atoms with Gasteiger partial charge in [0.25, 0.3) is 0 Å². The molecule has 110 valence electrons. The van der Waals surface area contributed by atoms with E-state index in [9.17, 15) is 9.90 Å². The van der Waals surface area contributed by atoms with Gasteiger partial charge in [-0.3, -0.25) is 0 Å². The molecular weight excluding hydrogens is 313 g/mol. The largest absolute Gasteiger partial charge is 0.506 e. The van der Waals surface area contributed by atoms with Crippen LogP contribution in [-0.4, -0.2) is 18.2 Å². The number of phenolic OH excluding ortho intramolecular Hbond substituents is 1. The van der Waals surface area contributed by atoms with Crippen LogP contribution >= 0.6 is 23.2 Å². The lowest BCUT2D eigenvalue weighted by Crippen LogP contribution is -2.04. The van der Waals surface area contributed by atoms with E-state index < -0.39 is 5.97 Å². The number of esters is 1. The molecule has 0 fully saturated rings. The smallest absolute Gasteiger partial charge is 0.337 e. The summed E-state index contributed by atoms with van der Waals surface area (Å²) in [5.74, 6) is -0.395. The van der Waals surface area contributed by atoms with Gasteiger partial charge in [0.2, 0.25) is 0 Å². The summed E-state index contributed by atoms with van der Waals surface area (Å²) in [6.45, 7) is 0.449. The third-order valence-corrected chi connectivity index (χ3v) is 3.51. The third-order valence-electron chi connectivity index (χ3n) is 2.88. The first-order valence-electron chi connectivity index (χ1n) is 6.10. The summed E-state index contributed by atoms with van der Waals surface area (Å²) >= 11 is 11.9. The molecule has 0 saturated heterocycles.